The Bertz CT molecular complexity index is 724. The molecule has 6 heteroatoms. The molecule has 110 valence electrons. The Hall–Kier alpha value is -1.59. The number of halogens is 2. The first-order valence-corrected chi connectivity index (χ1v) is 7.38. The molecule has 0 aliphatic heterocycles. The van der Waals surface area contributed by atoms with E-state index in [-0.39, 0.29) is 5.78 Å². The minimum absolute atomic E-state index is 0.204. The number of carbonyl (C=O) groups is 2. The van der Waals surface area contributed by atoms with Gasteiger partial charge in [-0.2, -0.15) is 0 Å². The molecule has 1 atom stereocenters. The van der Waals surface area contributed by atoms with Crippen LogP contribution in [0.5, 0.6) is 0 Å². The van der Waals surface area contributed by atoms with Gasteiger partial charge in [0.2, 0.25) is 5.78 Å². The summed E-state index contributed by atoms with van der Waals surface area (Å²) in [4.78, 5) is 23.7. The largest absolute Gasteiger partial charge is 0.481 e. The van der Waals surface area contributed by atoms with Gasteiger partial charge in [0, 0.05) is 27.8 Å². The minimum Gasteiger partial charge on any atom is -0.481 e. The lowest BCUT2D eigenvalue weighted by Crippen LogP contribution is -2.15. The van der Waals surface area contributed by atoms with Crippen LogP contribution < -0.4 is 0 Å². The minimum atomic E-state index is -0.946. The molecule has 1 aromatic carbocycles. The SMILES string of the molecule is CC(C(=O)O)c1c(Br)cc(C(=O)c2cccc(Cl)c2)n1C. The van der Waals surface area contributed by atoms with Crippen LogP contribution >= 0.6 is 27.5 Å². The summed E-state index contributed by atoms with van der Waals surface area (Å²) in [5.74, 6) is -1.87. The predicted molar refractivity (Wildman–Crippen MR) is 84.0 cm³/mol. The van der Waals surface area contributed by atoms with Gasteiger partial charge >= 0.3 is 5.97 Å². The second-order valence-corrected chi connectivity index (χ2v) is 6.01. The van der Waals surface area contributed by atoms with Gasteiger partial charge in [-0.15, -0.1) is 0 Å². The van der Waals surface area contributed by atoms with Crippen LogP contribution in [0.2, 0.25) is 5.02 Å². The van der Waals surface area contributed by atoms with Gasteiger partial charge in [0.15, 0.2) is 0 Å². The normalized spacial score (nSPS) is 12.2. The van der Waals surface area contributed by atoms with E-state index in [4.69, 9.17) is 16.7 Å². The van der Waals surface area contributed by atoms with E-state index in [2.05, 4.69) is 15.9 Å². The fourth-order valence-corrected chi connectivity index (χ4v) is 3.21. The fourth-order valence-electron chi connectivity index (χ4n) is 2.19. The average molecular weight is 371 g/mol. The van der Waals surface area contributed by atoms with Gasteiger partial charge in [-0.25, -0.2) is 0 Å². The molecule has 0 amide bonds. The van der Waals surface area contributed by atoms with Crippen molar-refractivity contribution in [2.75, 3.05) is 0 Å². The second kappa shape index (κ2) is 6.03. The first kappa shape index (κ1) is 15.8. The summed E-state index contributed by atoms with van der Waals surface area (Å²) in [6.45, 7) is 1.58. The van der Waals surface area contributed by atoms with E-state index in [9.17, 15) is 9.59 Å². The highest BCUT2D eigenvalue weighted by Gasteiger charge is 2.25. The maximum absolute atomic E-state index is 12.5. The first-order chi connectivity index (χ1) is 9.82. The molecule has 1 unspecified atom stereocenters. The topological polar surface area (TPSA) is 59.3 Å². The lowest BCUT2D eigenvalue weighted by Gasteiger charge is -2.11. The molecule has 0 saturated carbocycles. The average Bonchev–Trinajstić information content (AvgIpc) is 2.72. The van der Waals surface area contributed by atoms with Crippen molar-refractivity contribution in [3.63, 3.8) is 0 Å². The molecule has 2 aromatic rings. The molecule has 21 heavy (non-hydrogen) atoms. The van der Waals surface area contributed by atoms with Crippen molar-refractivity contribution in [3.8, 4) is 0 Å². The van der Waals surface area contributed by atoms with Crippen molar-refractivity contribution in [3.05, 3.63) is 56.8 Å². The molecule has 0 bridgehead atoms. The van der Waals surface area contributed by atoms with Crippen LogP contribution in [-0.2, 0) is 11.8 Å². The standard InChI is InChI=1S/C15H13BrClNO3/c1-8(15(20)21)13-11(16)7-12(18(13)2)14(19)9-4-3-5-10(17)6-9/h3-8H,1-2H3,(H,20,21). The molecule has 0 fully saturated rings. The Morgan fingerprint density at radius 1 is 1.33 bits per heavy atom. The van der Waals surface area contributed by atoms with Crippen LogP contribution in [0.15, 0.2) is 34.8 Å². The molecule has 2 rings (SSSR count). The van der Waals surface area contributed by atoms with Crippen LogP contribution in [0.3, 0.4) is 0 Å². The van der Waals surface area contributed by atoms with Gasteiger partial charge < -0.3 is 9.67 Å². The second-order valence-electron chi connectivity index (χ2n) is 4.72. The molecule has 0 spiro atoms. The number of hydrogen-bond donors (Lipinski definition) is 1. The first-order valence-electron chi connectivity index (χ1n) is 6.21. The Balaban J connectivity index is 2.49. The molecule has 1 aromatic heterocycles. The number of carboxylic acid groups (broad SMARTS) is 1. The third-order valence-corrected chi connectivity index (χ3v) is 4.20. The molecule has 1 N–H and O–H groups in total. The zero-order valence-electron chi connectivity index (χ0n) is 11.4. The van der Waals surface area contributed by atoms with E-state index in [0.717, 1.165) is 0 Å². The van der Waals surface area contributed by atoms with Crippen molar-refractivity contribution in [2.24, 2.45) is 7.05 Å². The van der Waals surface area contributed by atoms with Crippen molar-refractivity contribution < 1.29 is 14.7 Å². The maximum atomic E-state index is 12.5. The molecule has 0 aliphatic rings. The summed E-state index contributed by atoms with van der Waals surface area (Å²) in [6, 6.07) is 8.30. The molecule has 0 aliphatic carbocycles. The highest BCUT2D eigenvalue weighted by Crippen LogP contribution is 2.29. The van der Waals surface area contributed by atoms with E-state index in [1.54, 1.807) is 48.9 Å². The number of carboxylic acids is 1. The molecule has 1 heterocycles. The summed E-state index contributed by atoms with van der Waals surface area (Å²) in [7, 11) is 1.68. The number of aliphatic carboxylic acids is 1. The summed E-state index contributed by atoms with van der Waals surface area (Å²) < 4.78 is 2.21. The lowest BCUT2D eigenvalue weighted by atomic mass is 10.1. The van der Waals surface area contributed by atoms with Crippen molar-refractivity contribution in [2.45, 2.75) is 12.8 Å². The molecule has 4 nitrogen and oxygen atoms in total. The summed E-state index contributed by atoms with van der Waals surface area (Å²) in [6.07, 6.45) is 0. The van der Waals surface area contributed by atoms with Crippen LogP contribution in [0.1, 0.15) is 34.6 Å². The number of ketones is 1. The Kier molecular flexibility index (Phi) is 4.54. The fraction of sp³-hybridized carbons (Fsp3) is 0.200. The van der Waals surface area contributed by atoms with Crippen molar-refractivity contribution in [1.82, 2.24) is 4.57 Å². The maximum Gasteiger partial charge on any atom is 0.312 e. The number of rotatable bonds is 4. The van der Waals surface area contributed by atoms with Crippen LogP contribution in [-0.4, -0.2) is 21.4 Å². The van der Waals surface area contributed by atoms with E-state index in [0.29, 0.717) is 26.4 Å². The van der Waals surface area contributed by atoms with Gasteiger partial charge in [-0.3, -0.25) is 9.59 Å². The third-order valence-electron chi connectivity index (χ3n) is 3.33. The monoisotopic (exact) mass is 369 g/mol. The van der Waals surface area contributed by atoms with Gasteiger partial charge in [0.05, 0.1) is 11.6 Å². The number of nitrogens with zero attached hydrogens (tertiary/aromatic N) is 1. The molecule has 0 radical (unpaired) electrons. The van der Waals surface area contributed by atoms with Gasteiger partial charge in [0.25, 0.3) is 0 Å². The summed E-state index contributed by atoms with van der Waals surface area (Å²) >= 11 is 9.23. The number of benzene rings is 1. The van der Waals surface area contributed by atoms with Gasteiger partial charge in [0.1, 0.15) is 0 Å². The Morgan fingerprint density at radius 2 is 2.00 bits per heavy atom. The van der Waals surface area contributed by atoms with Gasteiger partial charge in [-0.05, 0) is 41.1 Å². The predicted octanol–water partition coefficient (Wildman–Crippen LogP) is 3.86. The van der Waals surface area contributed by atoms with Crippen LogP contribution in [0, 0.1) is 0 Å². The molecular weight excluding hydrogens is 358 g/mol. The number of aromatic nitrogens is 1. The van der Waals surface area contributed by atoms with E-state index in [1.807, 2.05) is 0 Å². The Labute approximate surface area is 135 Å². The molecular formula is C15H13BrClNO3. The van der Waals surface area contributed by atoms with Crippen LogP contribution in [0.25, 0.3) is 0 Å². The van der Waals surface area contributed by atoms with Crippen molar-refractivity contribution in [1.29, 1.82) is 0 Å². The Morgan fingerprint density at radius 3 is 2.57 bits per heavy atom. The highest BCUT2D eigenvalue weighted by molar-refractivity contribution is 9.10. The quantitative estimate of drug-likeness (QED) is 0.831. The van der Waals surface area contributed by atoms with Gasteiger partial charge in [-0.1, -0.05) is 23.7 Å². The van der Waals surface area contributed by atoms with E-state index < -0.39 is 11.9 Å². The van der Waals surface area contributed by atoms with E-state index in [1.165, 1.54) is 0 Å². The zero-order valence-corrected chi connectivity index (χ0v) is 13.8. The van der Waals surface area contributed by atoms with E-state index >= 15 is 0 Å². The number of carbonyl (C=O) groups excluding carboxylic acids is 1. The zero-order chi connectivity index (χ0) is 15.7. The highest BCUT2D eigenvalue weighted by atomic mass is 79.9. The number of hydrogen-bond acceptors (Lipinski definition) is 2. The lowest BCUT2D eigenvalue weighted by molar-refractivity contribution is -0.138. The van der Waals surface area contributed by atoms with Crippen LogP contribution in [0.4, 0.5) is 0 Å². The third kappa shape index (κ3) is 3.04. The summed E-state index contributed by atoms with van der Waals surface area (Å²) in [5, 5.41) is 9.63. The smallest absolute Gasteiger partial charge is 0.312 e. The molecule has 0 saturated heterocycles. The summed E-state index contributed by atoms with van der Waals surface area (Å²) in [5.41, 5.74) is 1.42. The van der Waals surface area contributed by atoms with Crippen molar-refractivity contribution >= 4 is 39.3 Å².